The maximum Gasteiger partial charge on any atom is 0.409 e. The molecule has 3 atom stereocenters. The van der Waals surface area contributed by atoms with Crippen LogP contribution in [-0.4, -0.2) is 42.5 Å². The van der Waals surface area contributed by atoms with Gasteiger partial charge in [0.15, 0.2) is 0 Å². The Hall–Kier alpha value is -3.83. The fraction of sp³-hybridized carbons (Fsp3) is 0.458. The van der Waals surface area contributed by atoms with Crippen LogP contribution in [0.1, 0.15) is 32.3 Å². The van der Waals surface area contributed by atoms with E-state index < -0.39 is 29.3 Å². The van der Waals surface area contributed by atoms with Crippen molar-refractivity contribution in [1.82, 2.24) is 4.90 Å². The molecule has 0 saturated heterocycles. The number of nitrogens with zero attached hydrogens (tertiary/aromatic N) is 4. The molecule has 32 heavy (non-hydrogen) atoms. The first-order valence-corrected chi connectivity index (χ1v) is 10.2. The van der Waals surface area contributed by atoms with Crippen molar-refractivity contribution in [3.05, 3.63) is 41.5 Å². The molecular weight excluding hydrogens is 406 g/mol. The Morgan fingerprint density at radius 1 is 1.19 bits per heavy atom. The molecule has 0 aromatic heterocycles. The Balaban J connectivity index is 2.11. The number of ether oxygens (including phenoxy) is 2. The van der Waals surface area contributed by atoms with Crippen molar-refractivity contribution in [2.75, 3.05) is 20.2 Å². The summed E-state index contributed by atoms with van der Waals surface area (Å²) in [6, 6.07) is 13.4. The second kappa shape index (κ2) is 8.36. The zero-order valence-corrected chi connectivity index (χ0v) is 18.5. The highest BCUT2D eigenvalue weighted by Gasteiger charge is 2.56. The van der Waals surface area contributed by atoms with Gasteiger partial charge in [-0.15, -0.1) is 0 Å². The minimum Gasteiger partial charge on any atom is -0.488 e. The third-order valence-electron chi connectivity index (χ3n) is 5.89. The molecule has 0 bridgehead atoms. The Bertz CT molecular complexity index is 1070. The summed E-state index contributed by atoms with van der Waals surface area (Å²) in [6.07, 6.45) is 1.13. The first-order chi connectivity index (χ1) is 15.1. The topological polar surface area (TPSA) is 134 Å². The number of carbonyl (C=O) groups is 1. The number of fused-ring (bicyclic) bond motifs is 1. The van der Waals surface area contributed by atoms with E-state index >= 15 is 0 Å². The average Bonchev–Trinajstić information content (AvgIpc) is 2.77. The summed E-state index contributed by atoms with van der Waals surface area (Å²) in [4.78, 5) is 13.7. The number of hydrogen-bond donors (Lipinski definition) is 1. The molecule has 1 aliphatic heterocycles. The molecule has 3 rings (SSSR count). The van der Waals surface area contributed by atoms with E-state index in [-0.39, 0.29) is 24.4 Å². The molecule has 2 aliphatic rings. The quantitative estimate of drug-likeness (QED) is 0.708. The van der Waals surface area contributed by atoms with E-state index in [1.807, 2.05) is 45.0 Å². The van der Waals surface area contributed by atoms with Gasteiger partial charge in [-0.1, -0.05) is 18.2 Å². The van der Waals surface area contributed by atoms with E-state index in [1.165, 1.54) is 12.0 Å². The van der Waals surface area contributed by atoms with Gasteiger partial charge in [0.1, 0.15) is 11.4 Å². The highest BCUT2D eigenvalue weighted by molar-refractivity contribution is 6.01. The smallest absolute Gasteiger partial charge is 0.409 e. The molecule has 164 valence electrons. The van der Waals surface area contributed by atoms with Crippen LogP contribution < -0.4 is 4.74 Å². The predicted octanol–water partition coefficient (Wildman–Crippen LogP) is 3.78. The highest BCUT2D eigenvalue weighted by atomic mass is 16.5. The fourth-order valence-corrected chi connectivity index (χ4v) is 4.54. The molecule has 1 aliphatic carbocycles. The Morgan fingerprint density at radius 3 is 2.31 bits per heavy atom. The second-order valence-electron chi connectivity index (χ2n) is 8.94. The number of carbonyl (C=O) groups excluding carboxylic acids is 1. The zero-order chi connectivity index (χ0) is 23.7. The van der Waals surface area contributed by atoms with Crippen LogP contribution >= 0.6 is 0 Å². The molecule has 8 heteroatoms. The van der Waals surface area contributed by atoms with E-state index in [4.69, 9.17) is 14.9 Å². The zero-order valence-electron chi connectivity index (χ0n) is 18.5. The monoisotopic (exact) mass is 431 g/mol. The molecule has 1 heterocycles. The minimum absolute atomic E-state index is 0.166. The molecule has 1 amide bonds. The van der Waals surface area contributed by atoms with Crippen molar-refractivity contribution in [3.63, 3.8) is 0 Å². The minimum atomic E-state index is -1.82. The van der Waals surface area contributed by atoms with Gasteiger partial charge in [0.25, 0.3) is 0 Å². The largest absolute Gasteiger partial charge is 0.488 e. The normalized spacial score (nSPS) is 24.2. The molecule has 1 fully saturated rings. The van der Waals surface area contributed by atoms with Crippen molar-refractivity contribution in [1.29, 1.82) is 21.2 Å². The summed E-state index contributed by atoms with van der Waals surface area (Å²) in [5, 5.41) is 38.4. The number of amides is 1. The van der Waals surface area contributed by atoms with Crippen molar-refractivity contribution in [2.24, 2.45) is 17.3 Å². The van der Waals surface area contributed by atoms with Crippen LogP contribution in [0.5, 0.6) is 5.75 Å². The Labute approximate surface area is 187 Å². The molecule has 1 saturated carbocycles. The summed E-state index contributed by atoms with van der Waals surface area (Å²) in [5.74, 6) is -1.33. The van der Waals surface area contributed by atoms with Crippen molar-refractivity contribution in [2.45, 2.75) is 32.3 Å². The van der Waals surface area contributed by atoms with Crippen molar-refractivity contribution < 1.29 is 14.3 Å². The van der Waals surface area contributed by atoms with Gasteiger partial charge in [0, 0.05) is 24.9 Å². The molecule has 1 aromatic carbocycles. The van der Waals surface area contributed by atoms with Gasteiger partial charge in [-0.2, -0.15) is 15.8 Å². The molecule has 8 nitrogen and oxygen atoms in total. The van der Waals surface area contributed by atoms with Crippen LogP contribution in [0.3, 0.4) is 0 Å². The van der Waals surface area contributed by atoms with Crippen LogP contribution in [0.4, 0.5) is 4.79 Å². The lowest BCUT2D eigenvalue weighted by molar-refractivity contribution is 0.115. The third kappa shape index (κ3) is 3.79. The number of nitriles is 3. The predicted molar refractivity (Wildman–Crippen MR) is 116 cm³/mol. The standard InChI is InChI=1S/C24H25N5O3/c1-23(2,3)32-16-7-5-15(6-8-16)20-17(11-25)21(28)24(13-26,14-27)19-9-10-29(12-18(19)20)22(30)31-4/h5-9,17-18,20,28H,10,12H2,1-4H3/t17?,18-,20+/m0/s1. The molecule has 1 N–H and O–H groups in total. The molecule has 1 unspecified atom stereocenters. The van der Waals surface area contributed by atoms with Gasteiger partial charge in [0.2, 0.25) is 5.41 Å². The summed E-state index contributed by atoms with van der Waals surface area (Å²) >= 11 is 0. The van der Waals surface area contributed by atoms with Gasteiger partial charge >= 0.3 is 6.09 Å². The van der Waals surface area contributed by atoms with Gasteiger partial charge in [-0.3, -0.25) is 0 Å². The maximum atomic E-state index is 12.2. The molecular formula is C24H25N5O3. The van der Waals surface area contributed by atoms with Gasteiger partial charge in [-0.05, 0) is 44.0 Å². The average molecular weight is 431 g/mol. The van der Waals surface area contributed by atoms with Gasteiger partial charge in [0.05, 0.1) is 36.9 Å². The summed E-state index contributed by atoms with van der Waals surface area (Å²) < 4.78 is 10.7. The number of nitrogens with one attached hydrogen (secondary N) is 1. The summed E-state index contributed by atoms with van der Waals surface area (Å²) in [5.41, 5.74) is -1.17. The van der Waals surface area contributed by atoms with E-state index in [0.717, 1.165) is 5.56 Å². The SMILES string of the molecule is COC(=O)N1CC=C2[C@H](C1)[C@H](c1ccc(OC(C)(C)C)cc1)C(C#N)C(=N)C2(C#N)C#N. The number of hydrogen-bond acceptors (Lipinski definition) is 7. The number of methoxy groups -OCH3 is 1. The van der Waals surface area contributed by atoms with Crippen LogP contribution in [-0.2, 0) is 4.74 Å². The lowest BCUT2D eigenvalue weighted by atomic mass is 9.55. The number of rotatable bonds is 2. The molecule has 0 spiro atoms. The van der Waals surface area contributed by atoms with Crippen LogP contribution in [0, 0.1) is 56.7 Å². The molecule has 1 aromatic rings. The lowest BCUT2D eigenvalue weighted by Gasteiger charge is -2.47. The van der Waals surface area contributed by atoms with Gasteiger partial charge < -0.3 is 19.8 Å². The van der Waals surface area contributed by atoms with Crippen molar-refractivity contribution in [3.8, 4) is 24.0 Å². The summed E-state index contributed by atoms with van der Waals surface area (Å²) in [7, 11) is 1.29. The molecule has 0 radical (unpaired) electrons. The highest BCUT2D eigenvalue weighted by Crippen LogP contribution is 2.52. The van der Waals surface area contributed by atoms with Crippen LogP contribution in [0.15, 0.2) is 35.9 Å². The first kappa shape index (κ1) is 22.8. The maximum absolute atomic E-state index is 12.2. The van der Waals surface area contributed by atoms with Crippen molar-refractivity contribution >= 4 is 11.8 Å². The Kier molecular flexibility index (Phi) is 5.97. The van der Waals surface area contributed by atoms with Gasteiger partial charge in [-0.25, -0.2) is 4.79 Å². The first-order valence-electron chi connectivity index (χ1n) is 10.2. The van der Waals surface area contributed by atoms with Crippen LogP contribution in [0.2, 0.25) is 0 Å². The Morgan fingerprint density at radius 2 is 1.81 bits per heavy atom. The van der Waals surface area contributed by atoms with E-state index in [1.54, 1.807) is 18.2 Å². The fourth-order valence-electron chi connectivity index (χ4n) is 4.54. The van der Waals surface area contributed by atoms with E-state index in [9.17, 15) is 20.6 Å². The van der Waals surface area contributed by atoms with Crippen LogP contribution in [0.25, 0.3) is 0 Å². The number of benzene rings is 1. The lowest BCUT2D eigenvalue weighted by Crippen LogP contribution is -2.53. The van der Waals surface area contributed by atoms with E-state index in [2.05, 4.69) is 6.07 Å². The van der Waals surface area contributed by atoms with E-state index in [0.29, 0.717) is 11.3 Å². The third-order valence-corrected chi connectivity index (χ3v) is 5.89. The second-order valence-corrected chi connectivity index (χ2v) is 8.94. The summed E-state index contributed by atoms with van der Waals surface area (Å²) in [6.45, 7) is 6.18.